The Morgan fingerprint density at radius 3 is 2.65 bits per heavy atom. The molecule has 2 amide bonds. The minimum absolute atomic E-state index is 0.0854. The molecule has 0 aliphatic carbocycles. The van der Waals surface area contributed by atoms with E-state index in [0.717, 1.165) is 49.0 Å². The van der Waals surface area contributed by atoms with E-state index < -0.39 is 11.7 Å². The number of nitrogens with zero attached hydrogens (tertiary/aromatic N) is 1. The van der Waals surface area contributed by atoms with Gasteiger partial charge in [-0.3, -0.25) is 0 Å². The second kappa shape index (κ2) is 14.3. The van der Waals surface area contributed by atoms with Gasteiger partial charge in [0.1, 0.15) is 11.5 Å². The van der Waals surface area contributed by atoms with Gasteiger partial charge in [-0.25, -0.2) is 4.79 Å². The van der Waals surface area contributed by atoms with E-state index in [1.165, 1.54) is 0 Å². The van der Waals surface area contributed by atoms with Crippen LogP contribution in [0.1, 0.15) is 50.2 Å². The Bertz CT molecular complexity index is 988. The van der Waals surface area contributed by atoms with Crippen LogP contribution < -0.4 is 15.8 Å². The number of methoxy groups -OCH3 is 1. The number of amides is 2. The van der Waals surface area contributed by atoms with Gasteiger partial charge in [0, 0.05) is 51.4 Å². The first-order valence-electron chi connectivity index (χ1n) is 13.4. The summed E-state index contributed by atoms with van der Waals surface area (Å²) in [4.78, 5) is 14.6. The van der Waals surface area contributed by atoms with Crippen LogP contribution >= 0.6 is 0 Å². The fourth-order valence-electron chi connectivity index (χ4n) is 5.08. The van der Waals surface area contributed by atoms with Gasteiger partial charge < -0.3 is 35.6 Å². The molecule has 1 aliphatic heterocycles. The number of rotatable bonds is 13. The molecule has 0 saturated carbocycles. The largest absolute Gasteiger partial charge is 0.457 e. The molecular weight excluding hydrogens is 470 g/mol. The first-order chi connectivity index (χ1) is 17.9. The number of urea groups is 1. The summed E-state index contributed by atoms with van der Waals surface area (Å²) in [6.45, 7) is 3.91. The van der Waals surface area contributed by atoms with E-state index in [2.05, 4.69) is 12.2 Å². The quantitative estimate of drug-likeness (QED) is 0.303. The molecule has 1 heterocycles. The van der Waals surface area contributed by atoms with Gasteiger partial charge in [0.15, 0.2) is 0 Å². The van der Waals surface area contributed by atoms with Crippen LogP contribution in [0, 0.1) is 5.92 Å². The summed E-state index contributed by atoms with van der Waals surface area (Å²) >= 11 is 0. The van der Waals surface area contributed by atoms with Crippen LogP contribution in [0.3, 0.4) is 0 Å². The average Bonchev–Trinajstić information content (AvgIpc) is 2.94. The normalized spacial score (nSPS) is 18.2. The number of aryl methyl sites for hydroxylation is 1. The monoisotopic (exact) mass is 513 g/mol. The molecule has 8 nitrogen and oxygen atoms in total. The number of piperidine rings is 1. The van der Waals surface area contributed by atoms with Crippen molar-refractivity contribution in [3.8, 4) is 11.5 Å². The molecule has 0 radical (unpaired) electrons. The molecule has 3 rings (SSSR count). The lowest BCUT2D eigenvalue weighted by Gasteiger charge is -2.43. The number of likely N-dealkylation sites (tertiary alicyclic amines) is 1. The highest BCUT2D eigenvalue weighted by Crippen LogP contribution is 2.44. The van der Waals surface area contributed by atoms with Crippen LogP contribution in [0.25, 0.3) is 0 Å². The number of benzene rings is 2. The van der Waals surface area contributed by atoms with Gasteiger partial charge in [-0.1, -0.05) is 43.3 Å². The number of carbonyl (C=O) groups excluding carboxylic acids is 1. The summed E-state index contributed by atoms with van der Waals surface area (Å²) in [5, 5.41) is 24.9. The number of para-hydroxylation sites is 2. The number of ether oxygens (including phenoxy) is 2. The highest BCUT2D eigenvalue weighted by Gasteiger charge is 2.43. The van der Waals surface area contributed by atoms with Crippen molar-refractivity contribution in [3.05, 3.63) is 59.7 Å². The summed E-state index contributed by atoms with van der Waals surface area (Å²) in [5.74, 6) is 1.23. The molecule has 2 unspecified atom stereocenters. The van der Waals surface area contributed by atoms with Gasteiger partial charge in [-0.2, -0.15) is 0 Å². The molecule has 5 N–H and O–H groups in total. The average molecular weight is 514 g/mol. The van der Waals surface area contributed by atoms with Crippen LogP contribution in [0.2, 0.25) is 0 Å². The fourth-order valence-corrected chi connectivity index (χ4v) is 5.08. The number of aliphatic hydroxyl groups excluding tert-OH is 1. The van der Waals surface area contributed by atoms with Crippen molar-refractivity contribution in [2.75, 3.05) is 39.9 Å². The van der Waals surface area contributed by atoms with E-state index in [1.807, 2.05) is 48.5 Å². The van der Waals surface area contributed by atoms with Crippen LogP contribution in [0.15, 0.2) is 48.5 Å². The van der Waals surface area contributed by atoms with E-state index >= 15 is 0 Å². The summed E-state index contributed by atoms with van der Waals surface area (Å²) in [6, 6.07) is 15.4. The number of carbonyl (C=O) groups is 1. The number of aliphatic hydroxyl groups is 2. The zero-order valence-corrected chi connectivity index (χ0v) is 22.2. The van der Waals surface area contributed by atoms with Crippen LogP contribution in [0.5, 0.6) is 11.5 Å². The first-order valence-corrected chi connectivity index (χ1v) is 13.4. The minimum atomic E-state index is -1.19. The smallest absolute Gasteiger partial charge is 0.317 e. The Morgan fingerprint density at radius 1 is 1.19 bits per heavy atom. The predicted molar refractivity (Wildman–Crippen MR) is 145 cm³/mol. The molecule has 0 spiro atoms. The lowest BCUT2D eigenvalue weighted by Crippen LogP contribution is -2.52. The van der Waals surface area contributed by atoms with Gasteiger partial charge in [-0.15, -0.1) is 0 Å². The second-order valence-electron chi connectivity index (χ2n) is 9.79. The molecule has 8 heteroatoms. The van der Waals surface area contributed by atoms with Crippen LogP contribution in [0.4, 0.5) is 4.79 Å². The van der Waals surface area contributed by atoms with Crippen molar-refractivity contribution in [2.24, 2.45) is 11.7 Å². The van der Waals surface area contributed by atoms with Crippen molar-refractivity contribution in [2.45, 2.75) is 57.2 Å². The SMILES string of the molecule is CCc1ccccc1Oc1ccccc1[C@](O)(CCCCOC)C1CCCN(C(=O)NCC(O)CN)C1. The molecule has 1 saturated heterocycles. The number of nitrogens with two attached hydrogens (primary N) is 1. The van der Waals surface area contributed by atoms with Crippen molar-refractivity contribution < 1.29 is 24.5 Å². The molecular formula is C29H43N3O5. The van der Waals surface area contributed by atoms with Crippen molar-refractivity contribution >= 4 is 6.03 Å². The fraction of sp³-hybridized carbons (Fsp3) is 0.552. The number of hydrogen-bond donors (Lipinski definition) is 4. The maximum absolute atomic E-state index is 12.8. The Morgan fingerprint density at radius 2 is 1.92 bits per heavy atom. The molecule has 3 atom stereocenters. The molecule has 0 bridgehead atoms. The lowest BCUT2D eigenvalue weighted by atomic mass is 9.73. The van der Waals surface area contributed by atoms with Gasteiger partial charge >= 0.3 is 6.03 Å². The molecule has 1 fully saturated rings. The van der Waals surface area contributed by atoms with E-state index in [4.69, 9.17) is 15.2 Å². The van der Waals surface area contributed by atoms with Gasteiger partial charge in [0.05, 0.1) is 11.7 Å². The van der Waals surface area contributed by atoms with Gasteiger partial charge in [0.2, 0.25) is 0 Å². The van der Waals surface area contributed by atoms with E-state index in [9.17, 15) is 15.0 Å². The van der Waals surface area contributed by atoms with E-state index in [0.29, 0.717) is 31.9 Å². The Kier molecular flexibility index (Phi) is 11.2. The summed E-state index contributed by atoms with van der Waals surface area (Å²) < 4.78 is 11.7. The van der Waals surface area contributed by atoms with Crippen molar-refractivity contribution in [1.29, 1.82) is 0 Å². The molecule has 0 aromatic heterocycles. The Balaban J connectivity index is 1.89. The summed E-state index contributed by atoms with van der Waals surface area (Å²) in [5.41, 5.74) is 6.11. The highest BCUT2D eigenvalue weighted by molar-refractivity contribution is 5.74. The highest BCUT2D eigenvalue weighted by atomic mass is 16.5. The zero-order valence-electron chi connectivity index (χ0n) is 22.2. The van der Waals surface area contributed by atoms with Gasteiger partial charge in [0.25, 0.3) is 0 Å². The van der Waals surface area contributed by atoms with Gasteiger partial charge in [-0.05, 0) is 56.2 Å². The molecule has 37 heavy (non-hydrogen) atoms. The maximum Gasteiger partial charge on any atom is 0.317 e. The first kappa shape index (κ1) is 28.9. The van der Waals surface area contributed by atoms with Crippen LogP contribution in [-0.4, -0.2) is 67.1 Å². The topological polar surface area (TPSA) is 117 Å². The maximum atomic E-state index is 12.8. The second-order valence-corrected chi connectivity index (χ2v) is 9.79. The van der Waals surface area contributed by atoms with Crippen molar-refractivity contribution in [1.82, 2.24) is 10.2 Å². The summed E-state index contributed by atoms with van der Waals surface area (Å²) in [6.07, 6.45) is 3.75. The van der Waals surface area contributed by atoms with Crippen molar-refractivity contribution in [3.63, 3.8) is 0 Å². The third-order valence-corrected chi connectivity index (χ3v) is 7.23. The molecule has 2 aromatic rings. The zero-order chi connectivity index (χ0) is 26.7. The Hall–Kier alpha value is -2.65. The molecule has 2 aromatic carbocycles. The third kappa shape index (κ3) is 7.68. The Labute approximate surface area is 220 Å². The van der Waals surface area contributed by atoms with E-state index in [1.54, 1.807) is 12.0 Å². The van der Waals surface area contributed by atoms with Crippen LogP contribution in [-0.2, 0) is 16.8 Å². The minimum Gasteiger partial charge on any atom is -0.457 e. The number of unbranched alkanes of at least 4 members (excludes halogenated alkanes) is 1. The molecule has 1 aliphatic rings. The molecule has 204 valence electrons. The number of nitrogens with one attached hydrogen (secondary N) is 1. The standard InChI is InChI=1S/C29H43N3O5/c1-3-22-11-4-6-14-26(22)37-27-15-7-5-13-25(27)29(35,16-8-9-18-36-2)23-12-10-17-32(21-23)28(34)31-20-24(33)19-30/h4-7,11,13-15,23-24,33,35H,3,8-10,12,16-21,30H2,1-2H3,(H,31,34)/t23?,24?,29-/m0/s1. The van der Waals surface area contributed by atoms with E-state index in [-0.39, 0.29) is 25.0 Å². The predicted octanol–water partition coefficient (Wildman–Crippen LogP) is 3.79. The summed E-state index contributed by atoms with van der Waals surface area (Å²) in [7, 11) is 1.68. The third-order valence-electron chi connectivity index (χ3n) is 7.23. The lowest BCUT2D eigenvalue weighted by molar-refractivity contribution is -0.0575. The number of hydrogen-bond acceptors (Lipinski definition) is 6.